The Labute approximate surface area is 146 Å². The van der Waals surface area contributed by atoms with Crippen LogP contribution in [0.15, 0.2) is 22.3 Å². The van der Waals surface area contributed by atoms with Gasteiger partial charge < -0.3 is 9.80 Å². The van der Waals surface area contributed by atoms with Crippen LogP contribution in [0.1, 0.15) is 55.4 Å². The van der Waals surface area contributed by atoms with E-state index >= 15 is 0 Å². The smallest absolute Gasteiger partial charge is 0.251 e. The molecule has 0 heterocycles. The Hall–Kier alpha value is -1.58. The van der Waals surface area contributed by atoms with Crippen LogP contribution in [0.2, 0.25) is 0 Å². The Morgan fingerprint density at radius 2 is 0.958 bits per heavy atom. The zero-order valence-electron chi connectivity index (χ0n) is 16.5. The highest BCUT2D eigenvalue weighted by Crippen LogP contribution is 2.75. The zero-order valence-corrected chi connectivity index (χ0v) is 16.5. The van der Waals surface area contributed by atoms with Crippen molar-refractivity contribution in [3.8, 4) is 0 Å². The van der Waals surface area contributed by atoms with Crippen LogP contribution in [0.4, 0.5) is 0 Å². The second kappa shape index (κ2) is 6.05. The molecule has 2 unspecified atom stereocenters. The molecule has 0 saturated carbocycles. The predicted octanol–water partition coefficient (Wildman–Crippen LogP) is 3.40. The van der Waals surface area contributed by atoms with Gasteiger partial charge in [-0.2, -0.15) is 0 Å². The number of rotatable bonds is 6. The Morgan fingerprint density at radius 3 is 1.17 bits per heavy atom. The summed E-state index contributed by atoms with van der Waals surface area (Å²) >= 11 is 0. The van der Waals surface area contributed by atoms with Crippen molar-refractivity contribution in [2.75, 3.05) is 26.2 Å². The molecular formula is C20H32N2O2. The van der Waals surface area contributed by atoms with Gasteiger partial charge in [0.25, 0.3) is 11.8 Å². The summed E-state index contributed by atoms with van der Waals surface area (Å²) in [4.78, 5) is 30.0. The summed E-state index contributed by atoms with van der Waals surface area (Å²) in [6.45, 7) is 19.1. The average Bonchev–Trinajstić information content (AvgIpc) is 2.58. The highest BCUT2D eigenvalue weighted by molar-refractivity contribution is 6.12. The summed E-state index contributed by atoms with van der Waals surface area (Å²) in [7, 11) is 0. The van der Waals surface area contributed by atoms with Crippen molar-refractivity contribution in [1.29, 1.82) is 0 Å². The van der Waals surface area contributed by atoms with Crippen LogP contribution in [-0.4, -0.2) is 47.8 Å². The van der Waals surface area contributed by atoms with Gasteiger partial charge >= 0.3 is 0 Å². The lowest BCUT2D eigenvalue weighted by atomic mass is 9.35. The van der Waals surface area contributed by atoms with E-state index in [1.807, 2.05) is 37.5 Å². The quantitative estimate of drug-likeness (QED) is 0.700. The number of nitrogens with zero attached hydrogens (tertiary/aromatic N) is 2. The number of hydrogen-bond donors (Lipinski definition) is 0. The molecule has 0 aliphatic heterocycles. The van der Waals surface area contributed by atoms with Crippen LogP contribution in [0.3, 0.4) is 0 Å². The highest BCUT2D eigenvalue weighted by Gasteiger charge is 2.71. The lowest BCUT2D eigenvalue weighted by Crippen LogP contribution is -2.65. The van der Waals surface area contributed by atoms with Crippen LogP contribution < -0.4 is 0 Å². The summed E-state index contributed by atoms with van der Waals surface area (Å²) in [5.74, 6) is 0.0599. The molecule has 2 aliphatic carbocycles. The zero-order chi connectivity index (χ0) is 18.4. The van der Waals surface area contributed by atoms with Crippen molar-refractivity contribution >= 4 is 11.8 Å². The molecule has 4 heteroatoms. The largest absolute Gasteiger partial charge is 0.339 e. The second-order valence-electron chi connectivity index (χ2n) is 7.20. The van der Waals surface area contributed by atoms with Crippen molar-refractivity contribution in [2.45, 2.75) is 55.4 Å². The fourth-order valence-corrected chi connectivity index (χ4v) is 4.73. The molecule has 0 bridgehead atoms. The first kappa shape index (κ1) is 18.8. The molecule has 2 aliphatic rings. The van der Waals surface area contributed by atoms with Crippen LogP contribution >= 0.6 is 0 Å². The molecule has 4 nitrogen and oxygen atoms in total. The molecule has 24 heavy (non-hydrogen) atoms. The number of hydrogen-bond acceptors (Lipinski definition) is 2. The van der Waals surface area contributed by atoms with E-state index in [9.17, 15) is 9.59 Å². The minimum absolute atomic E-state index is 0.0299. The summed E-state index contributed by atoms with van der Waals surface area (Å²) in [5, 5.41) is 0. The van der Waals surface area contributed by atoms with E-state index in [1.165, 1.54) is 11.1 Å². The molecular weight excluding hydrogens is 300 g/mol. The summed E-state index contributed by atoms with van der Waals surface area (Å²) in [6, 6.07) is 0. The number of carbonyl (C=O) groups excluding carboxylic acids is 2. The minimum Gasteiger partial charge on any atom is -0.339 e. The van der Waals surface area contributed by atoms with Gasteiger partial charge in [0, 0.05) is 48.2 Å². The van der Waals surface area contributed by atoms with Crippen LogP contribution in [0.25, 0.3) is 0 Å². The van der Waals surface area contributed by atoms with Crippen molar-refractivity contribution < 1.29 is 9.59 Å². The number of carbonyl (C=O) groups is 2. The van der Waals surface area contributed by atoms with Crippen LogP contribution in [-0.2, 0) is 9.59 Å². The first-order chi connectivity index (χ1) is 11.2. The Bertz CT molecular complexity index is 584. The van der Waals surface area contributed by atoms with E-state index < -0.39 is 0 Å². The maximum atomic E-state index is 13.2. The SMILES string of the molecule is CCN(CC)C(=O)C1=C(C(=O)N(CC)CC)C2(C)C(C)=C(C)C12C. The van der Waals surface area contributed by atoms with E-state index in [4.69, 9.17) is 0 Å². The van der Waals surface area contributed by atoms with Gasteiger partial charge in [-0.3, -0.25) is 9.59 Å². The molecule has 0 aromatic heterocycles. The second-order valence-corrected chi connectivity index (χ2v) is 7.20. The third-order valence-corrected chi connectivity index (χ3v) is 6.84. The Kier molecular flexibility index (Phi) is 4.73. The third-order valence-electron chi connectivity index (χ3n) is 6.84. The van der Waals surface area contributed by atoms with Gasteiger partial charge in [-0.15, -0.1) is 0 Å². The van der Waals surface area contributed by atoms with Gasteiger partial charge in [-0.25, -0.2) is 0 Å². The lowest BCUT2D eigenvalue weighted by Gasteiger charge is -2.67. The molecule has 134 valence electrons. The number of allylic oxidation sites excluding steroid dienone is 2. The maximum Gasteiger partial charge on any atom is 0.251 e. The van der Waals surface area contributed by atoms with E-state index in [-0.39, 0.29) is 22.6 Å². The summed E-state index contributed by atoms with van der Waals surface area (Å²) < 4.78 is 0. The van der Waals surface area contributed by atoms with Gasteiger partial charge in [0.2, 0.25) is 0 Å². The fraction of sp³-hybridized carbons (Fsp3) is 0.700. The topological polar surface area (TPSA) is 40.6 Å². The van der Waals surface area contributed by atoms with E-state index in [0.717, 1.165) is 11.1 Å². The van der Waals surface area contributed by atoms with Gasteiger partial charge in [0.05, 0.1) is 0 Å². The van der Waals surface area contributed by atoms with Gasteiger partial charge in [-0.05, 0) is 41.5 Å². The van der Waals surface area contributed by atoms with Gasteiger partial charge in [-0.1, -0.05) is 25.0 Å². The number of fused-ring (bicyclic) bond motifs is 1. The standard InChI is InChI=1S/C20H32N2O2/c1-9-21(10-2)17(23)15-16(18(24)22(11-3)12-4)20(8)14(6)13(5)19(15,20)7/h9-12H2,1-8H3. The molecule has 0 radical (unpaired) electrons. The molecule has 2 atom stereocenters. The lowest BCUT2D eigenvalue weighted by molar-refractivity contribution is -0.136. The van der Waals surface area contributed by atoms with E-state index in [1.54, 1.807) is 0 Å². The molecule has 0 aromatic rings. The molecule has 0 N–H and O–H groups in total. The van der Waals surface area contributed by atoms with Crippen LogP contribution in [0, 0.1) is 10.8 Å². The molecule has 0 saturated heterocycles. The number of likely N-dealkylation sites (N-methyl/N-ethyl adjacent to an activating group) is 2. The van der Waals surface area contributed by atoms with E-state index in [2.05, 4.69) is 27.7 Å². The van der Waals surface area contributed by atoms with Crippen molar-refractivity contribution in [3.05, 3.63) is 22.3 Å². The van der Waals surface area contributed by atoms with Gasteiger partial charge in [0.15, 0.2) is 0 Å². The van der Waals surface area contributed by atoms with Gasteiger partial charge in [0.1, 0.15) is 0 Å². The first-order valence-corrected chi connectivity index (χ1v) is 9.20. The molecule has 2 amide bonds. The minimum atomic E-state index is -0.297. The molecule has 0 aromatic carbocycles. The average molecular weight is 332 g/mol. The number of amides is 2. The molecule has 2 rings (SSSR count). The Morgan fingerprint density at radius 1 is 0.708 bits per heavy atom. The van der Waals surface area contributed by atoms with Crippen molar-refractivity contribution in [2.24, 2.45) is 10.8 Å². The highest BCUT2D eigenvalue weighted by atomic mass is 16.2. The fourth-order valence-electron chi connectivity index (χ4n) is 4.73. The van der Waals surface area contributed by atoms with E-state index in [0.29, 0.717) is 26.2 Å². The normalized spacial score (nSPS) is 28.2. The molecule has 0 fully saturated rings. The van der Waals surface area contributed by atoms with Crippen LogP contribution in [0.5, 0.6) is 0 Å². The summed E-state index contributed by atoms with van der Waals surface area (Å²) in [5.41, 5.74) is 3.36. The van der Waals surface area contributed by atoms with Crippen molar-refractivity contribution in [1.82, 2.24) is 9.80 Å². The monoisotopic (exact) mass is 332 g/mol. The Balaban J connectivity index is 2.60. The first-order valence-electron chi connectivity index (χ1n) is 9.20. The summed E-state index contributed by atoms with van der Waals surface area (Å²) in [6.07, 6.45) is 0. The third kappa shape index (κ3) is 1.91. The molecule has 0 spiro atoms. The maximum absolute atomic E-state index is 13.2. The predicted molar refractivity (Wildman–Crippen MR) is 97.5 cm³/mol. The van der Waals surface area contributed by atoms with Crippen molar-refractivity contribution in [3.63, 3.8) is 0 Å².